The van der Waals surface area contributed by atoms with Crippen molar-refractivity contribution < 1.29 is 9.53 Å². The molecule has 16 heavy (non-hydrogen) atoms. The van der Waals surface area contributed by atoms with Crippen molar-refractivity contribution in [2.24, 2.45) is 5.11 Å². The lowest BCUT2D eigenvalue weighted by molar-refractivity contribution is 0.0535. The van der Waals surface area contributed by atoms with Gasteiger partial charge in [0.25, 0.3) is 0 Å². The number of hydrogen-bond acceptors (Lipinski definition) is 3. The van der Waals surface area contributed by atoms with E-state index in [0.717, 1.165) is 11.1 Å². The molecule has 2 rings (SSSR count). The molecule has 0 bridgehead atoms. The van der Waals surface area contributed by atoms with Gasteiger partial charge in [0.1, 0.15) is 6.61 Å². The highest BCUT2D eigenvalue weighted by Gasteiger charge is 2.20. The summed E-state index contributed by atoms with van der Waals surface area (Å²) >= 11 is 0. The van der Waals surface area contributed by atoms with Gasteiger partial charge in [0.15, 0.2) is 0 Å². The summed E-state index contributed by atoms with van der Waals surface area (Å²) in [6.45, 7) is 0.447. The normalized spacial score (nSPS) is 11.9. The summed E-state index contributed by atoms with van der Waals surface area (Å²) in [4.78, 5) is 13.8. The van der Waals surface area contributed by atoms with Crippen molar-refractivity contribution in [2.75, 3.05) is 6.54 Å². The summed E-state index contributed by atoms with van der Waals surface area (Å²) in [6, 6.07) is 5.25. The number of rotatable bonds is 1. The Morgan fingerprint density at radius 2 is 2.44 bits per heavy atom. The first-order chi connectivity index (χ1) is 7.81. The number of benzene rings is 1. The molecule has 0 unspecified atom stereocenters. The second kappa shape index (κ2) is 4.39. The number of fused-ring (bicyclic) bond motifs is 1. The summed E-state index contributed by atoms with van der Waals surface area (Å²) < 4.78 is 4.87. The number of carbonyl (C=O) groups is 1. The molecule has 0 radical (unpaired) electrons. The van der Waals surface area contributed by atoms with Crippen LogP contribution in [-0.2, 0) is 11.3 Å². The van der Waals surface area contributed by atoms with Gasteiger partial charge < -0.3 is 4.74 Å². The predicted octanol–water partition coefficient (Wildman–Crippen LogP) is 2.02. The molecule has 0 saturated heterocycles. The van der Waals surface area contributed by atoms with Crippen molar-refractivity contribution in [3.63, 3.8) is 0 Å². The average molecular weight is 213 g/mol. The molecule has 0 spiro atoms. The number of esters is 1. The van der Waals surface area contributed by atoms with E-state index in [1.807, 2.05) is 6.07 Å². The van der Waals surface area contributed by atoms with E-state index in [4.69, 9.17) is 10.3 Å². The fraction of sp³-hybridized carbons (Fsp3) is 0.182. The molecule has 1 aromatic carbocycles. The predicted molar refractivity (Wildman–Crippen MR) is 56.5 cm³/mol. The molecule has 5 heteroatoms. The molecule has 0 saturated carbocycles. The SMILES string of the molecule is [N-]=[N+]=NCC#Cc1ccc2c(c1)COC2=O. The molecule has 78 valence electrons. The first kappa shape index (κ1) is 10.1. The van der Waals surface area contributed by atoms with Gasteiger partial charge in [-0.25, -0.2) is 4.79 Å². The van der Waals surface area contributed by atoms with Crippen LogP contribution in [0.4, 0.5) is 0 Å². The van der Waals surface area contributed by atoms with Crippen molar-refractivity contribution in [2.45, 2.75) is 6.61 Å². The van der Waals surface area contributed by atoms with E-state index in [0.29, 0.717) is 12.2 Å². The van der Waals surface area contributed by atoms with Gasteiger partial charge in [0, 0.05) is 16.0 Å². The Morgan fingerprint density at radius 3 is 3.25 bits per heavy atom. The summed E-state index contributed by atoms with van der Waals surface area (Å²) in [7, 11) is 0. The minimum atomic E-state index is -0.288. The van der Waals surface area contributed by atoms with E-state index in [-0.39, 0.29) is 12.5 Å². The summed E-state index contributed by atoms with van der Waals surface area (Å²) in [5.41, 5.74) is 10.3. The van der Waals surface area contributed by atoms with Crippen LogP contribution in [0.15, 0.2) is 23.3 Å². The molecule has 1 aliphatic rings. The number of cyclic esters (lactones) is 1. The minimum absolute atomic E-state index is 0.142. The van der Waals surface area contributed by atoms with Crippen LogP contribution in [0, 0.1) is 11.8 Å². The quantitative estimate of drug-likeness (QED) is 0.235. The Kier molecular flexibility index (Phi) is 2.77. The molecule has 0 amide bonds. The minimum Gasteiger partial charge on any atom is -0.457 e. The zero-order valence-corrected chi connectivity index (χ0v) is 8.30. The van der Waals surface area contributed by atoms with Crippen LogP contribution in [0.1, 0.15) is 21.5 Å². The lowest BCUT2D eigenvalue weighted by atomic mass is 10.1. The maximum atomic E-state index is 11.2. The van der Waals surface area contributed by atoms with Gasteiger partial charge >= 0.3 is 5.97 Å². The molecular formula is C11H7N3O2. The van der Waals surface area contributed by atoms with E-state index in [1.165, 1.54) is 0 Å². The van der Waals surface area contributed by atoms with Crippen molar-refractivity contribution in [3.05, 3.63) is 45.3 Å². The van der Waals surface area contributed by atoms with Crippen molar-refractivity contribution in [3.8, 4) is 11.8 Å². The van der Waals surface area contributed by atoms with E-state index in [1.54, 1.807) is 12.1 Å². The third-order valence-electron chi connectivity index (χ3n) is 2.13. The first-order valence-corrected chi connectivity index (χ1v) is 4.61. The lowest BCUT2D eigenvalue weighted by Gasteiger charge is -1.94. The standard InChI is InChI=1S/C11H7N3O2/c12-14-13-5-1-2-8-3-4-10-9(6-8)7-16-11(10)15/h3-4,6H,5,7H2. The summed E-state index contributed by atoms with van der Waals surface area (Å²) in [5, 5.41) is 3.30. The molecule has 0 atom stereocenters. The zero-order valence-electron chi connectivity index (χ0n) is 8.30. The van der Waals surface area contributed by atoms with Crippen molar-refractivity contribution in [1.82, 2.24) is 0 Å². The number of ether oxygens (including phenoxy) is 1. The third-order valence-corrected chi connectivity index (χ3v) is 2.13. The zero-order chi connectivity index (χ0) is 11.4. The maximum absolute atomic E-state index is 11.2. The molecule has 5 nitrogen and oxygen atoms in total. The largest absolute Gasteiger partial charge is 0.457 e. The molecule has 1 aliphatic heterocycles. The van der Waals surface area contributed by atoms with Crippen molar-refractivity contribution in [1.29, 1.82) is 0 Å². The number of nitrogens with zero attached hydrogens (tertiary/aromatic N) is 3. The van der Waals surface area contributed by atoms with Crippen LogP contribution in [0.3, 0.4) is 0 Å². The Balaban J connectivity index is 2.21. The summed E-state index contributed by atoms with van der Waals surface area (Å²) in [6.07, 6.45) is 0. The van der Waals surface area contributed by atoms with E-state index >= 15 is 0 Å². The van der Waals surface area contributed by atoms with Crippen LogP contribution >= 0.6 is 0 Å². The van der Waals surface area contributed by atoms with E-state index in [2.05, 4.69) is 21.9 Å². The number of carbonyl (C=O) groups excluding carboxylic acids is 1. The van der Waals surface area contributed by atoms with E-state index < -0.39 is 0 Å². The van der Waals surface area contributed by atoms with E-state index in [9.17, 15) is 4.79 Å². The molecular weight excluding hydrogens is 206 g/mol. The van der Waals surface area contributed by atoms with Crippen LogP contribution < -0.4 is 0 Å². The Morgan fingerprint density at radius 1 is 1.56 bits per heavy atom. The highest BCUT2D eigenvalue weighted by molar-refractivity contribution is 5.93. The Labute approximate surface area is 91.7 Å². The van der Waals surface area contributed by atoms with Gasteiger partial charge in [-0.05, 0) is 23.7 Å². The molecule has 1 aromatic rings. The number of azide groups is 1. The van der Waals surface area contributed by atoms with Crippen LogP contribution in [-0.4, -0.2) is 12.5 Å². The second-order valence-electron chi connectivity index (χ2n) is 3.14. The van der Waals surface area contributed by atoms with Crippen LogP contribution in [0.2, 0.25) is 0 Å². The molecule has 0 fully saturated rings. The van der Waals surface area contributed by atoms with Crippen LogP contribution in [0.5, 0.6) is 0 Å². The topological polar surface area (TPSA) is 75.1 Å². The molecule has 1 heterocycles. The van der Waals surface area contributed by atoms with Crippen LogP contribution in [0.25, 0.3) is 10.4 Å². The lowest BCUT2D eigenvalue weighted by Crippen LogP contribution is -1.92. The average Bonchev–Trinajstić information content (AvgIpc) is 2.66. The maximum Gasteiger partial charge on any atom is 0.338 e. The number of hydrogen-bond donors (Lipinski definition) is 0. The van der Waals surface area contributed by atoms with Crippen molar-refractivity contribution >= 4 is 5.97 Å². The fourth-order valence-corrected chi connectivity index (χ4v) is 1.42. The molecule has 0 aliphatic carbocycles. The third kappa shape index (κ3) is 1.97. The monoisotopic (exact) mass is 213 g/mol. The first-order valence-electron chi connectivity index (χ1n) is 4.61. The second-order valence-corrected chi connectivity index (χ2v) is 3.14. The Bertz CT molecular complexity index is 548. The van der Waals surface area contributed by atoms with Gasteiger partial charge in [-0.1, -0.05) is 17.0 Å². The Hall–Kier alpha value is -2.44. The van der Waals surface area contributed by atoms with Gasteiger partial charge in [0.2, 0.25) is 0 Å². The van der Waals surface area contributed by atoms with Gasteiger partial charge in [0.05, 0.1) is 12.1 Å². The van der Waals surface area contributed by atoms with Gasteiger partial charge in [-0.2, -0.15) is 0 Å². The molecule has 0 N–H and O–H groups in total. The fourth-order valence-electron chi connectivity index (χ4n) is 1.42. The highest BCUT2D eigenvalue weighted by Crippen LogP contribution is 2.20. The summed E-state index contributed by atoms with van der Waals surface area (Å²) in [5.74, 6) is 5.26. The smallest absolute Gasteiger partial charge is 0.338 e. The van der Waals surface area contributed by atoms with Gasteiger partial charge in [-0.15, -0.1) is 0 Å². The van der Waals surface area contributed by atoms with Gasteiger partial charge in [-0.3, -0.25) is 0 Å². The highest BCUT2D eigenvalue weighted by atomic mass is 16.5. The molecule has 0 aromatic heterocycles.